The van der Waals surface area contributed by atoms with E-state index in [2.05, 4.69) is 0 Å². The second-order valence-electron chi connectivity index (χ2n) is 0.747. The summed E-state index contributed by atoms with van der Waals surface area (Å²) < 4.78 is 0. The molecule has 0 rings (SSSR count). The van der Waals surface area contributed by atoms with Gasteiger partial charge in [-0.05, 0) is 0 Å². The van der Waals surface area contributed by atoms with Gasteiger partial charge in [0.25, 0.3) is 0 Å². The Morgan fingerprint density at radius 3 is 1.86 bits per heavy atom. The van der Waals surface area contributed by atoms with Crippen molar-refractivity contribution >= 4 is 18.4 Å². The van der Waals surface area contributed by atoms with E-state index in [4.69, 9.17) is 5.11 Å². The molecule has 0 aliphatic rings. The molecule has 7 heavy (non-hydrogen) atoms. The van der Waals surface area contributed by atoms with Gasteiger partial charge < -0.3 is 5.11 Å². The Kier molecular flexibility index (Phi) is 21.4. The Labute approximate surface area is 59.5 Å². The first kappa shape index (κ1) is 15.7. The molecule has 0 aromatic carbocycles. The van der Waals surface area contributed by atoms with Gasteiger partial charge >= 0.3 is 5.97 Å². The molecule has 0 aromatic heterocycles. The Hall–Kier alpha value is 0.292. The van der Waals surface area contributed by atoms with Gasteiger partial charge in [-0.2, -0.15) is 0 Å². The van der Waals surface area contributed by atoms with Crippen LogP contribution >= 0.6 is 12.4 Å². The molecule has 0 aliphatic heterocycles. The van der Waals surface area contributed by atoms with Gasteiger partial charge in [0.05, 0.1) is 0 Å². The van der Waals surface area contributed by atoms with Crippen molar-refractivity contribution in [2.24, 2.45) is 0 Å². The molecular weight excluding hydrogens is 155 g/mol. The summed E-state index contributed by atoms with van der Waals surface area (Å²) >= 11 is 0. The molecule has 0 heterocycles. The standard InChI is InChI=1S/C3H6O2.ClH.Cr/c1-2-3(4)5;;/h2H2,1H3,(H,4,5);1H;. The maximum absolute atomic E-state index is 9.37. The monoisotopic (exact) mass is 162 g/mol. The topological polar surface area (TPSA) is 37.3 Å². The number of aliphatic carboxylic acids is 1. The van der Waals surface area contributed by atoms with Crippen LogP contribution in [0.5, 0.6) is 0 Å². The molecule has 0 unspecified atom stereocenters. The summed E-state index contributed by atoms with van der Waals surface area (Å²) in [6.07, 6.45) is 0.222. The molecule has 0 amide bonds. The van der Waals surface area contributed by atoms with E-state index in [0.29, 0.717) is 0 Å². The van der Waals surface area contributed by atoms with E-state index >= 15 is 0 Å². The molecule has 4 heteroatoms. The Balaban J connectivity index is -0.0000000800. The average Bonchev–Trinajstić information content (AvgIpc) is 1.38. The van der Waals surface area contributed by atoms with Crippen molar-refractivity contribution in [3.63, 3.8) is 0 Å². The van der Waals surface area contributed by atoms with Crippen molar-refractivity contribution in [3.8, 4) is 0 Å². The maximum Gasteiger partial charge on any atom is 0.303 e. The number of hydrogen-bond acceptors (Lipinski definition) is 1. The minimum absolute atomic E-state index is 0. The molecule has 0 spiro atoms. The van der Waals surface area contributed by atoms with Crippen LogP contribution in [0.15, 0.2) is 0 Å². The minimum atomic E-state index is -0.745. The van der Waals surface area contributed by atoms with E-state index in [0.717, 1.165) is 0 Å². The zero-order valence-corrected chi connectivity index (χ0v) is 5.97. The van der Waals surface area contributed by atoms with E-state index in [-0.39, 0.29) is 36.2 Å². The summed E-state index contributed by atoms with van der Waals surface area (Å²) in [6, 6.07) is 0. The maximum atomic E-state index is 9.37. The molecule has 1 N–H and O–H groups in total. The number of hydrogen-bond donors (Lipinski definition) is 1. The zero-order chi connectivity index (χ0) is 4.28. The van der Waals surface area contributed by atoms with Crippen molar-refractivity contribution in [3.05, 3.63) is 0 Å². The number of halogens is 1. The van der Waals surface area contributed by atoms with Crippen LogP contribution < -0.4 is 0 Å². The molecule has 0 saturated carbocycles. The zero-order valence-electron chi connectivity index (χ0n) is 3.88. The van der Waals surface area contributed by atoms with E-state index in [1.807, 2.05) is 0 Å². The summed E-state index contributed by atoms with van der Waals surface area (Å²) in [5.41, 5.74) is 0. The predicted molar refractivity (Wildman–Crippen MR) is 25.2 cm³/mol. The molecule has 0 saturated heterocycles. The minimum Gasteiger partial charge on any atom is -0.481 e. The van der Waals surface area contributed by atoms with Gasteiger partial charge in [-0.3, -0.25) is 4.79 Å². The van der Waals surface area contributed by atoms with Gasteiger partial charge in [0, 0.05) is 23.8 Å². The average molecular weight is 163 g/mol. The van der Waals surface area contributed by atoms with Gasteiger partial charge in [0.2, 0.25) is 0 Å². The predicted octanol–water partition coefficient (Wildman–Crippen LogP) is 0.900. The summed E-state index contributed by atoms with van der Waals surface area (Å²) in [7, 11) is 0. The third kappa shape index (κ3) is 22.1. The summed E-state index contributed by atoms with van der Waals surface area (Å²) in [6.45, 7) is 1.60. The second-order valence-corrected chi connectivity index (χ2v) is 0.747. The van der Waals surface area contributed by atoms with Gasteiger partial charge in [-0.25, -0.2) is 0 Å². The molecule has 0 fully saturated rings. The van der Waals surface area contributed by atoms with Gasteiger partial charge in [0.1, 0.15) is 0 Å². The van der Waals surface area contributed by atoms with Crippen molar-refractivity contribution < 1.29 is 27.3 Å². The van der Waals surface area contributed by atoms with Crippen molar-refractivity contribution in [1.29, 1.82) is 0 Å². The third-order valence-electron chi connectivity index (χ3n) is 0.302. The second kappa shape index (κ2) is 9.57. The number of carbonyl (C=O) groups is 1. The summed E-state index contributed by atoms with van der Waals surface area (Å²) in [5.74, 6) is -0.745. The van der Waals surface area contributed by atoms with Crippen LogP contribution in [0.2, 0.25) is 0 Å². The molecule has 0 bridgehead atoms. The molecule has 0 aromatic rings. The van der Waals surface area contributed by atoms with Crippen LogP contribution in [0.4, 0.5) is 0 Å². The first-order chi connectivity index (χ1) is 2.27. The van der Waals surface area contributed by atoms with Crippen molar-refractivity contribution in [2.75, 3.05) is 0 Å². The van der Waals surface area contributed by atoms with Gasteiger partial charge in [0.15, 0.2) is 0 Å². The fourth-order valence-corrected chi connectivity index (χ4v) is 0. The first-order valence-corrected chi connectivity index (χ1v) is 1.49. The Bertz CT molecular complexity index is 48.2. The van der Waals surface area contributed by atoms with Crippen LogP contribution in [-0.4, -0.2) is 11.1 Å². The van der Waals surface area contributed by atoms with Gasteiger partial charge in [-0.15, -0.1) is 12.4 Å². The quantitative estimate of drug-likeness (QED) is 0.622. The van der Waals surface area contributed by atoms with Crippen LogP contribution in [0.3, 0.4) is 0 Å². The van der Waals surface area contributed by atoms with E-state index < -0.39 is 5.97 Å². The largest absolute Gasteiger partial charge is 0.481 e. The number of carboxylic acids is 1. The van der Waals surface area contributed by atoms with Crippen molar-refractivity contribution in [2.45, 2.75) is 13.3 Å². The van der Waals surface area contributed by atoms with Crippen LogP contribution in [0.1, 0.15) is 13.3 Å². The summed E-state index contributed by atoms with van der Waals surface area (Å²) in [5, 5.41) is 7.72. The van der Waals surface area contributed by atoms with E-state index in [9.17, 15) is 4.79 Å². The fourth-order valence-electron chi connectivity index (χ4n) is 0. The smallest absolute Gasteiger partial charge is 0.303 e. The molecule has 0 aliphatic carbocycles. The molecule has 0 atom stereocenters. The number of carboxylic acid groups (broad SMARTS) is 1. The molecule has 0 radical (unpaired) electrons. The van der Waals surface area contributed by atoms with Crippen molar-refractivity contribution in [1.82, 2.24) is 0 Å². The number of rotatable bonds is 1. The Morgan fingerprint density at radius 1 is 1.71 bits per heavy atom. The Morgan fingerprint density at radius 2 is 1.86 bits per heavy atom. The normalized spacial score (nSPS) is 5.29. The third-order valence-corrected chi connectivity index (χ3v) is 0.302. The first-order valence-electron chi connectivity index (χ1n) is 1.49. The SMILES string of the molecule is CCC(=O)O.Cl.[Cr]. The van der Waals surface area contributed by atoms with Gasteiger partial charge in [-0.1, -0.05) is 6.92 Å². The summed E-state index contributed by atoms with van der Waals surface area (Å²) in [4.78, 5) is 9.37. The molecule has 2 nitrogen and oxygen atoms in total. The van der Waals surface area contributed by atoms with Crippen LogP contribution in [0, 0.1) is 0 Å². The molecular formula is C3H7ClCrO2. The van der Waals surface area contributed by atoms with Crippen LogP contribution in [0.25, 0.3) is 0 Å². The fraction of sp³-hybridized carbons (Fsp3) is 0.667. The van der Waals surface area contributed by atoms with Crippen LogP contribution in [-0.2, 0) is 22.2 Å². The van der Waals surface area contributed by atoms with E-state index in [1.54, 1.807) is 6.92 Å². The van der Waals surface area contributed by atoms with E-state index in [1.165, 1.54) is 0 Å². The molecule has 44 valence electrons.